The van der Waals surface area contributed by atoms with Gasteiger partial charge in [0.2, 0.25) is 0 Å². The number of rotatable bonds is 3. The van der Waals surface area contributed by atoms with Crippen molar-refractivity contribution in [1.82, 2.24) is 4.98 Å². The summed E-state index contributed by atoms with van der Waals surface area (Å²) >= 11 is 0. The lowest BCUT2D eigenvalue weighted by atomic mass is 9.91. The Morgan fingerprint density at radius 2 is 1.00 bits per heavy atom. The molecule has 5 aromatic rings. The lowest BCUT2D eigenvalue weighted by molar-refractivity contribution is 0.629. The SMILES string of the molecule is Fc1ccccc1-c1nc(-c2ccccc2)c2ccccc2c1-c1ccccc1F. The molecule has 3 heteroatoms. The van der Waals surface area contributed by atoms with Crippen molar-refractivity contribution in [3.8, 4) is 33.6 Å². The third-order valence-electron chi connectivity index (χ3n) is 5.23. The summed E-state index contributed by atoms with van der Waals surface area (Å²) in [6, 6.07) is 30.6. The Hall–Kier alpha value is -3.85. The molecule has 0 fully saturated rings. The minimum atomic E-state index is -0.392. The molecule has 0 aliphatic heterocycles. The van der Waals surface area contributed by atoms with Gasteiger partial charge in [0.05, 0.1) is 11.4 Å². The second-order valence-corrected chi connectivity index (χ2v) is 7.06. The molecule has 0 saturated heterocycles. The monoisotopic (exact) mass is 393 g/mol. The van der Waals surface area contributed by atoms with Crippen molar-refractivity contribution in [2.75, 3.05) is 0 Å². The van der Waals surface area contributed by atoms with Gasteiger partial charge in [0, 0.05) is 27.6 Å². The van der Waals surface area contributed by atoms with Crippen LogP contribution >= 0.6 is 0 Å². The van der Waals surface area contributed by atoms with Gasteiger partial charge in [-0.25, -0.2) is 13.8 Å². The van der Waals surface area contributed by atoms with E-state index in [1.807, 2.05) is 54.6 Å². The van der Waals surface area contributed by atoms with Crippen molar-refractivity contribution < 1.29 is 8.78 Å². The van der Waals surface area contributed by atoms with Gasteiger partial charge in [0.25, 0.3) is 0 Å². The van der Waals surface area contributed by atoms with E-state index in [1.165, 1.54) is 12.1 Å². The predicted molar refractivity (Wildman–Crippen MR) is 118 cm³/mol. The number of aromatic nitrogens is 1. The summed E-state index contributed by atoms with van der Waals surface area (Å²) in [6.07, 6.45) is 0. The summed E-state index contributed by atoms with van der Waals surface area (Å²) in [5.74, 6) is -0.758. The van der Waals surface area contributed by atoms with Crippen LogP contribution in [0, 0.1) is 11.6 Å². The van der Waals surface area contributed by atoms with E-state index in [9.17, 15) is 8.78 Å². The van der Waals surface area contributed by atoms with E-state index in [0.717, 1.165) is 22.0 Å². The molecule has 0 spiro atoms. The van der Waals surface area contributed by atoms with Gasteiger partial charge in [-0.3, -0.25) is 0 Å². The van der Waals surface area contributed by atoms with Crippen LogP contribution in [0.3, 0.4) is 0 Å². The van der Waals surface area contributed by atoms with Crippen molar-refractivity contribution in [2.24, 2.45) is 0 Å². The first-order valence-corrected chi connectivity index (χ1v) is 9.72. The van der Waals surface area contributed by atoms with E-state index in [0.29, 0.717) is 22.4 Å². The molecule has 4 aromatic carbocycles. The Balaban J connectivity index is 1.97. The topological polar surface area (TPSA) is 12.9 Å². The van der Waals surface area contributed by atoms with Crippen LogP contribution in [0.1, 0.15) is 0 Å². The zero-order valence-corrected chi connectivity index (χ0v) is 16.0. The molecular weight excluding hydrogens is 376 g/mol. The summed E-state index contributed by atoms with van der Waals surface area (Å²) in [7, 11) is 0. The number of nitrogens with zero attached hydrogens (tertiary/aromatic N) is 1. The van der Waals surface area contributed by atoms with Crippen molar-refractivity contribution in [1.29, 1.82) is 0 Å². The maximum Gasteiger partial charge on any atom is 0.132 e. The molecule has 0 unspecified atom stereocenters. The van der Waals surface area contributed by atoms with Gasteiger partial charge in [-0.1, -0.05) is 84.9 Å². The van der Waals surface area contributed by atoms with E-state index in [4.69, 9.17) is 4.98 Å². The quantitative estimate of drug-likeness (QED) is 0.309. The van der Waals surface area contributed by atoms with Crippen LogP contribution in [0.5, 0.6) is 0 Å². The van der Waals surface area contributed by atoms with E-state index >= 15 is 0 Å². The average molecular weight is 393 g/mol. The van der Waals surface area contributed by atoms with Crippen LogP contribution in [0.4, 0.5) is 8.78 Å². The van der Waals surface area contributed by atoms with Crippen molar-refractivity contribution >= 4 is 10.8 Å². The molecule has 30 heavy (non-hydrogen) atoms. The lowest BCUT2D eigenvalue weighted by Gasteiger charge is -2.17. The standard InChI is InChI=1S/C27H17F2N/c28-23-16-8-6-14-21(23)25-19-12-4-5-13-20(19)26(18-10-2-1-3-11-18)30-27(25)22-15-7-9-17-24(22)29/h1-17H. The van der Waals surface area contributed by atoms with E-state index in [2.05, 4.69) is 0 Å². The first kappa shape index (κ1) is 18.2. The summed E-state index contributed by atoms with van der Waals surface area (Å²) < 4.78 is 29.8. The molecule has 0 amide bonds. The first-order valence-electron chi connectivity index (χ1n) is 9.72. The van der Waals surface area contributed by atoms with Gasteiger partial charge in [-0.2, -0.15) is 0 Å². The third kappa shape index (κ3) is 3.05. The van der Waals surface area contributed by atoms with Crippen LogP contribution in [-0.4, -0.2) is 4.98 Å². The smallest absolute Gasteiger partial charge is 0.132 e. The fourth-order valence-corrected chi connectivity index (χ4v) is 3.86. The number of halogens is 2. The summed E-state index contributed by atoms with van der Waals surface area (Å²) in [4.78, 5) is 4.91. The van der Waals surface area contributed by atoms with E-state index in [-0.39, 0.29) is 5.82 Å². The Morgan fingerprint density at radius 1 is 0.467 bits per heavy atom. The zero-order valence-electron chi connectivity index (χ0n) is 16.0. The van der Waals surface area contributed by atoms with Crippen molar-refractivity contribution in [3.05, 3.63) is 115 Å². The summed E-state index contributed by atoms with van der Waals surface area (Å²) in [5, 5.41) is 1.72. The number of pyridine rings is 1. The summed E-state index contributed by atoms with van der Waals surface area (Å²) in [6.45, 7) is 0. The van der Waals surface area contributed by atoms with Crippen LogP contribution in [0.25, 0.3) is 44.4 Å². The van der Waals surface area contributed by atoms with E-state index in [1.54, 1.807) is 36.4 Å². The Labute approximate surface area is 173 Å². The highest BCUT2D eigenvalue weighted by molar-refractivity contribution is 6.08. The second-order valence-electron chi connectivity index (χ2n) is 7.06. The lowest BCUT2D eigenvalue weighted by Crippen LogP contribution is -1.98. The van der Waals surface area contributed by atoms with Gasteiger partial charge in [0.15, 0.2) is 0 Å². The maximum atomic E-state index is 14.9. The molecule has 1 nitrogen and oxygen atoms in total. The molecule has 0 saturated carbocycles. The molecule has 0 aliphatic carbocycles. The second kappa shape index (κ2) is 7.53. The van der Waals surface area contributed by atoms with Gasteiger partial charge in [0.1, 0.15) is 11.6 Å². The van der Waals surface area contributed by atoms with Crippen LogP contribution in [-0.2, 0) is 0 Å². The van der Waals surface area contributed by atoms with Gasteiger partial charge in [-0.15, -0.1) is 0 Å². The van der Waals surface area contributed by atoms with Gasteiger partial charge < -0.3 is 0 Å². The van der Waals surface area contributed by atoms with Crippen LogP contribution < -0.4 is 0 Å². The fourth-order valence-electron chi connectivity index (χ4n) is 3.86. The third-order valence-corrected chi connectivity index (χ3v) is 5.23. The number of hydrogen-bond donors (Lipinski definition) is 0. The Kier molecular flexibility index (Phi) is 4.56. The Bertz CT molecular complexity index is 1360. The average Bonchev–Trinajstić information content (AvgIpc) is 2.80. The van der Waals surface area contributed by atoms with Crippen LogP contribution in [0.15, 0.2) is 103 Å². The van der Waals surface area contributed by atoms with Crippen molar-refractivity contribution in [2.45, 2.75) is 0 Å². The molecule has 0 atom stereocenters. The maximum absolute atomic E-state index is 14.9. The largest absolute Gasteiger partial charge is 0.246 e. The minimum absolute atomic E-state index is 0.346. The van der Waals surface area contributed by atoms with Gasteiger partial charge >= 0.3 is 0 Å². The minimum Gasteiger partial charge on any atom is -0.246 e. The molecule has 0 radical (unpaired) electrons. The number of benzene rings is 4. The van der Waals surface area contributed by atoms with Gasteiger partial charge in [-0.05, 0) is 23.6 Å². The molecule has 1 heterocycles. The molecule has 0 N–H and O–H groups in total. The molecule has 0 bridgehead atoms. The highest BCUT2D eigenvalue weighted by Crippen LogP contribution is 2.42. The molecule has 0 aliphatic rings. The normalized spacial score (nSPS) is 11.0. The Morgan fingerprint density at radius 3 is 1.67 bits per heavy atom. The molecule has 5 rings (SSSR count). The fraction of sp³-hybridized carbons (Fsp3) is 0. The molecule has 1 aromatic heterocycles. The number of hydrogen-bond acceptors (Lipinski definition) is 1. The summed E-state index contributed by atoms with van der Waals surface area (Å²) in [5.41, 5.74) is 3.43. The van der Waals surface area contributed by atoms with Crippen molar-refractivity contribution in [3.63, 3.8) is 0 Å². The predicted octanol–water partition coefficient (Wildman–Crippen LogP) is 7.51. The molecular formula is C27H17F2N. The highest BCUT2D eigenvalue weighted by Gasteiger charge is 2.21. The molecule has 144 valence electrons. The highest BCUT2D eigenvalue weighted by atomic mass is 19.1. The number of fused-ring (bicyclic) bond motifs is 1. The first-order chi connectivity index (χ1) is 14.7. The zero-order chi connectivity index (χ0) is 20.5. The van der Waals surface area contributed by atoms with Crippen LogP contribution in [0.2, 0.25) is 0 Å². The van der Waals surface area contributed by atoms with E-state index < -0.39 is 5.82 Å².